The van der Waals surface area contributed by atoms with Crippen molar-refractivity contribution in [2.75, 3.05) is 7.05 Å². The molecule has 1 aromatic carbocycles. The number of hydrogen-bond acceptors (Lipinski definition) is 3. The van der Waals surface area contributed by atoms with Crippen molar-refractivity contribution in [3.8, 4) is 0 Å². The maximum Gasteiger partial charge on any atom is 0.115 e. The zero-order chi connectivity index (χ0) is 13.3. The molecule has 0 fully saturated rings. The molecule has 0 amide bonds. The topological polar surface area (TPSA) is 24.9 Å². The van der Waals surface area contributed by atoms with Crippen molar-refractivity contribution in [1.82, 2.24) is 10.3 Å². The van der Waals surface area contributed by atoms with Crippen molar-refractivity contribution in [3.63, 3.8) is 0 Å². The molecule has 1 unspecified atom stereocenters. The van der Waals surface area contributed by atoms with E-state index in [1.54, 1.807) is 11.3 Å². The Morgan fingerprint density at radius 2 is 2.11 bits per heavy atom. The SMILES string of the molecule is CNC(c1nc(C)c(C)s1)c1cc(Cl)ccc1Br. The first-order valence-corrected chi connectivity index (χ1v) is 7.57. The normalized spacial score (nSPS) is 12.7. The second kappa shape index (κ2) is 5.70. The minimum absolute atomic E-state index is 0.0653. The zero-order valence-corrected chi connectivity index (χ0v) is 13.6. The summed E-state index contributed by atoms with van der Waals surface area (Å²) in [6.07, 6.45) is 0. The number of thiazole rings is 1. The Balaban J connectivity index is 2.48. The maximum absolute atomic E-state index is 6.08. The fourth-order valence-corrected chi connectivity index (χ4v) is 3.48. The number of nitrogens with one attached hydrogen (secondary N) is 1. The lowest BCUT2D eigenvalue weighted by atomic mass is 10.1. The lowest BCUT2D eigenvalue weighted by Crippen LogP contribution is -2.18. The molecule has 0 spiro atoms. The summed E-state index contributed by atoms with van der Waals surface area (Å²) in [4.78, 5) is 5.87. The molecule has 0 radical (unpaired) electrons. The van der Waals surface area contributed by atoms with Gasteiger partial charge in [0.25, 0.3) is 0 Å². The molecule has 0 saturated carbocycles. The predicted octanol–water partition coefficient (Wildman–Crippen LogP) is 4.48. The lowest BCUT2D eigenvalue weighted by molar-refractivity contribution is 0.682. The Kier molecular flexibility index (Phi) is 4.43. The molecule has 0 saturated heterocycles. The van der Waals surface area contributed by atoms with Crippen LogP contribution in [0.4, 0.5) is 0 Å². The summed E-state index contributed by atoms with van der Waals surface area (Å²) in [6, 6.07) is 5.88. The summed E-state index contributed by atoms with van der Waals surface area (Å²) < 4.78 is 1.04. The highest BCUT2D eigenvalue weighted by atomic mass is 79.9. The fourth-order valence-electron chi connectivity index (χ4n) is 1.77. The molecule has 1 aromatic heterocycles. The summed E-state index contributed by atoms with van der Waals surface area (Å²) in [5.41, 5.74) is 2.20. The van der Waals surface area contributed by atoms with Gasteiger partial charge in [0.05, 0.1) is 11.7 Å². The number of aromatic nitrogens is 1. The highest BCUT2D eigenvalue weighted by molar-refractivity contribution is 9.10. The van der Waals surface area contributed by atoms with E-state index in [0.29, 0.717) is 0 Å². The van der Waals surface area contributed by atoms with E-state index in [9.17, 15) is 0 Å². The number of hydrogen-bond donors (Lipinski definition) is 1. The minimum atomic E-state index is 0.0653. The first-order valence-electron chi connectivity index (χ1n) is 5.59. The van der Waals surface area contributed by atoms with Gasteiger partial charge in [0, 0.05) is 14.4 Å². The Morgan fingerprint density at radius 3 is 2.67 bits per heavy atom. The standard InChI is InChI=1S/C13H14BrClN2S/c1-7-8(2)18-13(17-7)12(16-3)10-6-9(15)4-5-11(10)14/h4-6,12,16H,1-3H3. The van der Waals surface area contributed by atoms with Crippen molar-refractivity contribution in [1.29, 1.82) is 0 Å². The molecule has 0 aliphatic carbocycles. The van der Waals surface area contributed by atoms with Gasteiger partial charge in [-0.2, -0.15) is 0 Å². The van der Waals surface area contributed by atoms with Gasteiger partial charge in [-0.25, -0.2) is 4.98 Å². The maximum atomic E-state index is 6.08. The molecular weight excluding hydrogens is 332 g/mol. The largest absolute Gasteiger partial charge is 0.307 e. The van der Waals surface area contributed by atoms with E-state index >= 15 is 0 Å². The summed E-state index contributed by atoms with van der Waals surface area (Å²) in [7, 11) is 1.93. The minimum Gasteiger partial charge on any atom is -0.307 e. The molecule has 96 valence electrons. The molecular formula is C13H14BrClN2S. The second-order valence-corrected chi connectivity index (χ2v) is 6.61. The molecule has 0 aliphatic rings. The molecule has 2 aromatic rings. The molecule has 1 atom stereocenters. The number of nitrogens with zero attached hydrogens (tertiary/aromatic N) is 1. The van der Waals surface area contributed by atoms with Crippen LogP contribution in [-0.2, 0) is 0 Å². The van der Waals surface area contributed by atoms with Gasteiger partial charge in [0.2, 0.25) is 0 Å². The zero-order valence-electron chi connectivity index (χ0n) is 10.4. The molecule has 2 rings (SSSR count). The third-order valence-corrected chi connectivity index (χ3v) is 4.94. The van der Waals surface area contributed by atoms with Crippen molar-refractivity contribution in [3.05, 3.63) is 48.8 Å². The van der Waals surface area contributed by atoms with Crippen molar-refractivity contribution >= 4 is 38.9 Å². The fraction of sp³-hybridized carbons (Fsp3) is 0.308. The van der Waals surface area contributed by atoms with Crippen LogP contribution in [0.5, 0.6) is 0 Å². The van der Waals surface area contributed by atoms with Crippen LogP contribution < -0.4 is 5.32 Å². The quantitative estimate of drug-likeness (QED) is 0.887. The molecule has 1 N–H and O–H groups in total. The van der Waals surface area contributed by atoms with E-state index in [-0.39, 0.29) is 6.04 Å². The van der Waals surface area contributed by atoms with Crippen LogP contribution in [0, 0.1) is 13.8 Å². The van der Waals surface area contributed by atoms with Crippen LogP contribution in [0.15, 0.2) is 22.7 Å². The van der Waals surface area contributed by atoms with Crippen LogP contribution in [-0.4, -0.2) is 12.0 Å². The van der Waals surface area contributed by atoms with E-state index < -0.39 is 0 Å². The van der Waals surface area contributed by atoms with Crippen molar-refractivity contribution < 1.29 is 0 Å². The van der Waals surface area contributed by atoms with Crippen LogP contribution >= 0.6 is 38.9 Å². The lowest BCUT2D eigenvalue weighted by Gasteiger charge is -2.16. The number of benzene rings is 1. The van der Waals surface area contributed by atoms with E-state index in [1.807, 2.05) is 32.2 Å². The van der Waals surface area contributed by atoms with Crippen molar-refractivity contribution in [2.24, 2.45) is 0 Å². The van der Waals surface area contributed by atoms with Crippen LogP contribution in [0.1, 0.15) is 27.2 Å². The van der Waals surface area contributed by atoms with Gasteiger partial charge < -0.3 is 5.32 Å². The number of aryl methyl sites for hydroxylation is 2. The Morgan fingerprint density at radius 1 is 1.39 bits per heavy atom. The Hall–Kier alpha value is -0.420. The number of halogens is 2. The van der Waals surface area contributed by atoms with E-state index in [2.05, 4.69) is 33.2 Å². The van der Waals surface area contributed by atoms with E-state index in [4.69, 9.17) is 11.6 Å². The summed E-state index contributed by atoms with van der Waals surface area (Å²) in [5.74, 6) is 0. The van der Waals surface area contributed by atoms with Gasteiger partial charge in [-0.15, -0.1) is 11.3 Å². The van der Waals surface area contributed by atoms with Gasteiger partial charge in [-0.05, 0) is 44.7 Å². The Bertz CT molecular complexity index is 549. The van der Waals surface area contributed by atoms with Gasteiger partial charge in [0.1, 0.15) is 5.01 Å². The first-order chi connectivity index (χ1) is 8.52. The molecule has 5 heteroatoms. The van der Waals surface area contributed by atoms with Crippen LogP contribution in [0.25, 0.3) is 0 Å². The Labute approximate surface area is 125 Å². The van der Waals surface area contributed by atoms with E-state index in [1.165, 1.54) is 4.88 Å². The first kappa shape index (κ1) is 14.0. The predicted molar refractivity (Wildman–Crippen MR) is 81.6 cm³/mol. The highest BCUT2D eigenvalue weighted by Crippen LogP contribution is 2.33. The monoisotopic (exact) mass is 344 g/mol. The van der Waals surface area contributed by atoms with Crippen LogP contribution in [0.3, 0.4) is 0 Å². The molecule has 1 heterocycles. The smallest absolute Gasteiger partial charge is 0.115 e. The molecule has 0 aliphatic heterocycles. The average molecular weight is 346 g/mol. The molecule has 0 bridgehead atoms. The summed E-state index contributed by atoms with van der Waals surface area (Å²) in [5, 5.41) is 5.10. The second-order valence-electron chi connectivity index (χ2n) is 4.08. The van der Waals surface area contributed by atoms with Gasteiger partial charge in [-0.3, -0.25) is 0 Å². The molecule has 18 heavy (non-hydrogen) atoms. The van der Waals surface area contributed by atoms with Gasteiger partial charge >= 0.3 is 0 Å². The number of rotatable bonds is 3. The van der Waals surface area contributed by atoms with E-state index in [0.717, 1.165) is 25.8 Å². The van der Waals surface area contributed by atoms with Crippen LogP contribution in [0.2, 0.25) is 5.02 Å². The molecule has 2 nitrogen and oxygen atoms in total. The third-order valence-electron chi connectivity index (χ3n) is 2.85. The van der Waals surface area contributed by atoms with Gasteiger partial charge in [0.15, 0.2) is 0 Å². The third kappa shape index (κ3) is 2.77. The summed E-state index contributed by atoms with van der Waals surface area (Å²) in [6.45, 7) is 4.13. The van der Waals surface area contributed by atoms with Crippen molar-refractivity contribution in [2.45, 2.75) is 19.9 Å². The average Bonchev–Trinajstić information content (AvgIpc) is 2.65. The highest BCUT2D eigenvalue weighted by Gasteiger charge is 2.19. The summed E-state index contributed by atoms with van der Waals surface area (Å²) >= 11 is 11.4. The van der Waals surface area contributed by atoms with Gasteiger partial charge in [-0.1, -0.05) is 27.5 Å².